The smallest absolute Gasteiger partial charge is 0.346 e. The van der Waals surface area contributed by atoms with Crippen LogP contribution in [0.2, 0.25) is 0 Å². The molecule has 2 heterocycles. The Morgan fingerprint density at radius 3 is 2.57 bits per heavy atom. The maximum absolute atomic E-state index is 14.3. The number of piperidine rings is 1. The summed E-state index contributed by atoms with van der Waals surface area (Å²) >= 11 is 0. The number of para-hydroxylation sites is 2. The molecule has 0 radical (unpaired) electrons. The number of fused-ring (bicyclic) bond motifs is 3. The molecule has 7 heteroatoms. The van der Waals surface area contributed by atoms with E-state index in [4.69, 9.17) is 4.74 Å². The van der Waals surface area contributed by atoms with Gasteiger partial charge in [0.2, 0.25) is 0 Å². The van der Waals surface area contributed by atoms with Crippen LogP contribution in [-0.2, 0) is 6.54 Å². The number of aromatic nitrogens is 3. The molecule has 6 atom stereocenters. The Kier molecular flexibility index (Phi) is 7.33. The fourth-order valence-corrected chi connectivity index (χ4v) is 8.82. The lowest BCUT2D eigenvalue weighted by atomic mass is 9.45. The number of rotatable bonds is 6. The number of carbonyl (C=O) groups excluding carboxylic acids is 1. The maximum Gasteiger partial charge on any atom is 0.346 e. The third-order valence-corrected chi connectivity index (χ3v) is 11.4. The molecule has 4 saturated carbocycles. The summed E-state index contributed by atoms with van der Waals surface area (Å²) in [6.45, 7) is 8.63. The minimum absolute atomic E-state index is 0.0238. The number of amides is 1. The minimum Gasteiger partial charge on any atom is -0.457 e. The van der Waals surface area contributed by atoms with E-state index >= 15 is 0 Å². The van der Waals surface area contributed by atoms with Crippen molar-refractivity contribution in [3.05, 3.63) is 60.3 Å². The average molecular weight is 568 g/mol. The Morgan fingerprint density at radius 2 is 1.76 bits per heavy atom. The number of nitrogens with zero attached hydrogens (tertiary/aromatic N) is 4. The average Bonchev–Trinajstić information content (AvgIpc) is 3.44. The molecule has 2 aromatic carbocycles. The lowest BCUT2D eigenvalue weighted by Gasteiger charge is -2.62. The molecule has 2 bridgehead atoms. The monoisotopic (exact) mass is 567 g/mol. The number of hydrogen-bond donors (Lipinski definition) is 1. The van der Waals surface area contributed by atoms with E-state index in [0.29, 0.717) is 47.3 Å². The van der Waals surface area contributed by atoms with Gasteiger partial charge in [0.05, 0.1) is 5.69 Å². The highest BCUT2D eigenvalue weighted by atomic mass is 16.5. The van der Waals surface area contributed by atoms with Gasteiger partial charge < -0.3 is 15.0 Å². The second kappa shape index (κ2) is 11.1. The van der Waals surface area contributed by atoms with Gasteiger partial charge in [-0.2, -0.15) is 4.68 Å². The molecule has 1 saturated heterocycles. The lowest BCUT2D eigenvalue weighted by Crippen LogP contribution is -2.59. The highest BCUT2D eigenvalue weighted by molar-refractivity contribution is 5.80. The van der Waals surface area contributed by atoms with Crippen molar-refractivity contribution in [2.75, 3.05) is 6.54 Å². The van der Waals surface area contributed by atoms with Crippen LogP contribution in [0.1, 0.15) is 77.8 Å². The summed E-state index contributed by atoms with van der Waals surface area (Å²) in [5, 5.41) is 13.1. The Morgan fingerprint density at radius 1 is 1.00 bits per heavy atom. The Balaban J connectivity index is 1.22. The molecule has 222 valence electrons. The molecular weight excluding hydrogens is 522 g/mol. The van der Waals surface area contributed by atoms with Crippen LogP contribution in [0.25, 0.3) is 11.3 Å². The van der Waals surface area contributed by atoms with E-state index in [1.807, 2.05) is 54.6 Å². The highest BCUT2D eigenvalue weighted by Gasteiger charge is 2.56. The molecule has 3 aromatic rings. The van der Waals surface area contributed by atoms with Crippen LogP contribution in [0.5, 0.6) is 11.5 Å². The Hall–Kier alpha value is -3.19. The van der Waals surface area contributed by atoms with E-state index in [9.17, 15) is 4.79 Å². The van der Waals surface area contributed by atoms with Gasteiger partial charge in [-0.3, -0.25) is 0 Å². The molecule has 42 heavy (non-hydrogen) atoms. The first-order chi connectivity index (χ1) is 20.4. The quantitative estimate of drug-likeness (QED) is 0.334. The summed E-state index contributed by atoms with van der Waals surface area (Å²) in [5.41, 5.74) is 2.83. The molecule has 5 aliphatic rings. The van der Waals surface area contributed by atoms with Gasteiger partial charge in [0.1, 0.15) is 17.2 Å². The van der Waals surface area contributed by atoms with E-state index in [0.717, 1.165) is 48.2 Å². The van der Waals surface area contributed by atoms with Gasteiger partial charge in [0.25, 0.3) is 0 Å². The fourth-order valence-electron chi connectivity index (χ4n) is 8.82. The van der Waals surface area contributed by atoms with Crippen LogP contribution >= 0.6 is 0 Å². The first-order valence-electron chi connectivity index (χ1n) is 16.2. The Bertz CT molecular complexity index is 1420. The van der Waals surface area contributed by atoms with Gasteiger partial charge in [-0.1, -0.05) is 69.2 Å². The fraction of sp³-hybridized carbons (Fsp3) is 0.571. The summed E-state index contributed by atoms with van der Waals surface area (Å²) in [6, 6.07) is 18.5. The SMILES string of the molecule is CC1C(NCc2c(-c3ccccc3Oc3ccccc3)nnn2C(=O)N2CCCC3CCCCC32)CC2CC1C2(C)C. The van der Waals surface area contributed by atoms with Gasteiger partial charge in [-0.15, -0.1) is 5.10 Å². The first kappa shape index (κ1) is 27.6. The molecule has 1 amide bonds. The number of benzene rings is 2. The van der Waals surface area contributed by atoms with Crippen LogP contribution in [-0.4, -0.2) is 44.6 Å². The molecule has 7 nitrogen and oxygen atoms in total. The van der Waals surface area contributed by atoms with Crippen molar-refractivity contribution in [1.29, 1.82) is 0 Å². The van der Waals surface area contributed by atoms with Crippen LogP contribution in [0, 0.1) is 29.1 Å². The summed E-state index contributed by atoms with van der Waals surface area (Å²) in [4.78, 5) is 16.4. The molecule has 1 aromatic heterocycles. The van der Waals surface area contributed by atoms with Crippen molar-refractivity contribution in [3.8, 4) is 22.8 Å². The van der Waals surface area contributed by atoms with E-state index in [1.54, 1.807) is 4.68 Å². The molecule has 1 N–H and O–H groups in total. The normalized spacial score (nSPS) is 29.8. The second-order valence-electron chi connectivity index (χ2n) is 13.9. The number of hydrogen-bond acceptors (Lipinski definition) is 5. The van der Waals surface area contributed by atoms with Crippen molar-refractivity contribution in [2.45, 2.75) is 90.8 Å². The molecular formula is C35H45N5O2. The summed E-state index contributed by atoms with van der Waals surface area (Å²) < 4.78 is 7.95. The lowest BCUT2D eigenvalue weighted by molar-refractivity contribution is -0.115. The first-order valence-corrected chi connectivity index (χ1v) is 16.2. The standard InChI is InChI=1S/C35H45N5O2/c1-23-28-20-25(35(28,2)3)21-29(23)36-22-31-33(27-16-8-10-18-32(27)42-26-14-5-4-6-15-26)37-38-40(31)34(41)39-19-11-13-24-12-7-9-17-30(24)39/h4-6,8,10,14-16,18,23-25,28-30,36H,7,9,11-13,17,19-22H2,1-3H3. The van der Waals surface area contributed by atoms with Crippen LogP contribution in [0.4, 0.5) is 4.79 Å². The number of nitrogens with one attached hydrogen (secondary N) is 1. The largest absolute Gasteiger partial charge is 0.457 e. The zero-order valence-corrected chi connectivity index (χ0v) is 25.3. The molecule has 6 unspecified atom stereocenters. The highest BCUT2D eigenvalue weighted by Crippen LogP contribution is 2.61. The van der Waals surface area contributed by atoms with Crippen molar-refractivity contribution < 1.29 is 9.53 Å². The predicted octanol–water partition coefficient (Wildman–Crippen LogP) is 7.52. The van der Waals surface area contributed by atoms with Gasteiger partial charge >= 0.3 is 6.03 Å². The molecule has 4 aliphatic carbocycles. The van der Waals surface area contributed by atoms with E-state index in [2.05, 4.69) is 41.3 Å². The molecule has 0 spiro atoms. The molecule has 8 rings (SSSR count). The van der Waals surface area contributed by atoms with Crippen LogP contribution < -0.4 is 10.1 Å². The van der Waals surface area contributed by atoms with Crippen LogP contribution in [0.3, 0.4) is 0 Å². The van der Waals surface area contributed by atoms with Crippen molar-refractivity contribution >= 4 is 6.03 Å². The van der Waals surface area contributed by atoms with Gasteiger partial charge in [-0.05, 0) is 91.9 Å². The topological polar surface area (TPSA) is 72.3 Å². The van der Waals surface area contributed by atoms with E-state index in [1.165, 1.54) is 38.5 Å². The molecule has 5 fully saturated rings. The van der Waals surface area contributed by atoms with Crippen molar-refractivity contribution in [2.24, 2.45) is 29.1 Å². The second-order valence-corrected chi connectivity index (χ2v) is 13.9. The van der Waals surface area contributed by atoms with Gasteiger partial charge in [-0.25, -0.2) is 4.79 Å². The summed E-state index contributed by atoms with van der Waals surface area (Å²) in [7, 11) is 0. The van der Waals surface area contributed by atoms with E-state index in [-0.39, 0.29) is 6.03 Å². The van der Waals surface area contributed by atoms with Crippen molar-refractivity contribution in [1.82, 2.24) is 25.2 Å². The number of ether oxygens (including phenoxy) is 1. The third kappa shape index (κ3) is 4.83. The maximum atomic E-state index is 14.3. The van der Waals surface area contributed by atoms with E-state index < -0.39 is 0 Å². The zero-order valence-electron chi connectivity index (χ0n) is 25.3. The van der Waals surface area contributed by atoms with Crippen molar-refractivity contribution in [3.63, 3.8) is 0 Å². The van der Waals surface area contributed by atoms with Crippen LogP contribution in [0.15, 0.2) is 54.6 Å². The Labute approximate surface area is 250 Å². The molecule has 1 aliphatic heterocycles. The summed E-state index contributed by atoms with van der Waals surface area (Å²) in [6.07, 6.45) is 9.62. The number of likely N-dealkylation sites (tertiary alicyclic amines) is 1. The number of carbonyl (C=O) groups is 1. The predicted molar refractivity (Wildman–Crippen MR) is 164 cm³/mol. The van der Waals surface area contributed by atoms with Gasteiger partial charge in [0.15, 0.2) is 0 Å². The van der Waals surface area contributed by atoms with Gasteiger partial charge in [0, 0.05) is 30.7 Å². The zero-order chi connectivity index (χ0) is 28.8. The third-order valence-electron chi connectivity index (χ3n) is 11.4. The minimum atomic E-state index is -0.0238. The summed E-state index contributed by atoms with van der Waals surface area (Å²) in [5.74, 6) is 4.18.